The van der Waals surface area contributed by atoms with Gasteiger partial charge in [0.2, 0.25) is 0 Å². The summed E-state index contributed by atoms with van der Waals surface area (Å²) in [5.41, 5.74) is -2.15. The van der Waals surface area contributed by atoms with E-state index in [9.17, 15) is 18.7 Å². The molecule has 1 fully saturated rings. The average Bonchev–Trinajstić information content (AvgIpc) is 3.00. The van der Waals surface area contributed by atoms with Crippen LogP contribution in [0, 0.1) is 16.7 Å². The molecule has 11 heteroatoms. The lowest BCUT2D eigenvalue weighted by Gasteiger charge is -2.20. The molecular formula is C16H12Cl6F2O3. The molecule has 2 atom stereocenters. The summed E-state index contributed by atoms with van der Waals surface area (Å²) in [7, 11) is 0. The van der Waals surface area contributed by atoms with Crippen molar-refractivity contribution in [3.63, 3.8) is 0 Å². The molecule has 0 spiro atoms. The molecule has 1 aliphatic carbocycles. The number of carbonyl (C=O) groups is 1. The highest BCUT2D eigenvalue weighted by atomic mass is 35.5. The van der Waals surface area contributed by atoms with Gasteiger partial charge >= 0.3 is 12.6 Å². The molecule has 0 saturated heterocycles. The molecule has 0 bridgehead atoms. The first-order valence-electron chi connectivity index (χ1n) is 7.34. The van der Waals surface area contributed by atoms with Crippen LogP contribution in [0.15, 0.2) is 10.6 Å². The van der Waals surface area contributed by atoms with Crippen molar-refractivity contribution in [3.8, 4) is 5.75 Å². The highest BCUT2D eigenvalue weighted by molar-refractivity contribution is 6.56. The van der Waals surface area contributed by atoms with Crippen molar-refractivity contribution in [2.24, 2.45) is 16.7 Å². The SMILES string of the molecule is CC1(C)C(C=C(Cl)Cl)C1(Cc1c(Cl)c(Cl)c(Cl)c(OC(F)F)c1Cl)C(=O)O. The fourth-order valence-corrected chi connectivity index (χ4v) is 4.87. The van der Waals surface area contributed by atoms with Gasteiger partial charge in [-0.05, 0) is 23.5 Å². The molecule has 1 N–H and O–H groups in total. The number of hydrogen-bond acceptors (Lipinski definition) is 2. The highest BCUT2D eigenvalue weighted by Gasteiger charge is 2.74. The molecular weight excluding hydrogens is 491 g/mol. The summed E-state index contributed by atoms with van der Waals surface area (Å²) in [6, 6.07) is 0. The summed E-state index contributed by atoms with van der Waals surface area (Å²) < 4.78 is 29.7. The van der Waals surface area contributed by atoms with Gasteiger partial charge in [0.05, 0.1) is 20.5 Å². The zero-order valence-corrected chi connectivity index (χ0v) is 18.3. The first kappa shape index (κ1) is 23.1. The lowest BCUT2D eigenvalue weighted by atomic mass is 9.88. The van der Waals surface area contributed by atoms with Gasteiger partial charge < -0.3 is 9.84 Å². The van der Waals surface area contributed by atoms with E-state index in [-0.39, 0.29) is 31.5 Å². The third-order valence-electron chi connectivity index (χ3n) is 5.03. The summed E-state index contributed by atoms with van der Waals surface area (Å²) in [6.07, 6.45) is 1.18. The topological polar surface area (TPSA) is 46.5 Å². The van der Waals surface area contributed by atoms with Gasteiger partial charge in [-0.15, -0.1) is 0 Å². The quantitative estimate of drug-likeness (QED) is 0.324. The number of aliphatic carboxylic acids is 1. The number of hydrogen-bond donors (Lipinski definition) is 1. The Morgan fingerprint density at radius 3 is 2.15 bits per heavy atom. The van der Waals surface area contributed by atoms with E-state index in [0.717, 1.165) is 0 Å². The molecule has 3 nitrogen and oxygen atoms in total. The fourth-order valence-electron chi connectivity index (χ4n) is 3.48. The monoisotopic (exact) mass is 500 g/mol. The number of rotatable bonds is 6. The second-order valence-electron chi connectivity index (χ2n) is 6.55. The standard InChI is InChI=1S/C16H12Cl6F2O3/c1-15(2)6(3-7(17)18)16(15,13(25)26)4-5-8(19)10(21)11(22)12(9(5)20)27-14(23)24/h3,6,14H,4H2,1-2H3,(H,25,26). The van der Waals surface area contributed by atoms with E-state index in [0.29, 0.717) is 0 Å². The second-order valence-corrected chi connectivity index (χ2v) is 9.07. The Morgan fingerprint density at radius 1 is 1.15 bits per heavy atom. The van der Waals surface area contributed by atoms with E-state index in [4.69, 9.17) is 69.6 Å². The number of carboxylic acids is 1. The highest BCUT2D eigenvalue weighted by Crippen LogP contribution is 2.72. The number of carboxylic acid groups (broad SMARTS) is 1. The molecule has 0 aromatic heterocycles. The minimum Gasteiger partial charge on any atom is -0.481 e. The summed E-state index contributed by atoms with van der Waals surface area (Å²) >= 11 is 35.7. The minimum atomic E-state index is -3.22. The van der Waals surface area contributed by atoms with Crippen molar-refractivity contribution in [2.45, 2.75) is 26.9 Å². The van der Waals surface area contributed by atoms with Crippen molar-refractivity contribution < 1.29 is 23.4 Å². The van der Waals surface area contributed by atoms with Crippen LogP contribution in [0.2, 0.25) is 20.1 Å². The van der Waals surface area contributed by atoms with Crippen LogP contribution < -0.4 is 4.74 Å². The average molecular weight is 503 g/mol. The Labute approximate surface area is 184 Å². The lowest BCUT2D eigenvalue weighted by Crippen LogP contribution is -2.25. The Hall–Kier alpha value is -0.170. The Bertz CT molecular complexity index is 823. The molecule has 0 aliphatic heterocycles. The van der Waals surface area contributed by atoms with Gasteiger partial charge in [-0.2, -0.15) is 8.78 Å². The predicted octanol–water partition coefficient (Wildman–Crippen LogP) is 7.49. The molecule has 0 radical (unpaired) electrons. The van der Waals surface area contributed by atoms with Gasteiger partial charge in [-0.25, -0.2) is 0 Å². The third kappa shape index (κ3) is 3.84. The number of halogens is 8. The summed E-state index contributed by atoms with van der Waals surface area (Å²) in [4.78, 5) is 12.1. The van der Waals surface area contributed by atoms with E-state index in [1.807, 2.05) is 0 Å². The van der Waals surface area contributed by atoms with Crippen LogP contribution in [-0.2, 0) is 11.2 Å². The van der Waals surface area contributed by atoms with Crippen molar-refractivity contribution in [1.29, 1.82) is 0 Å². The maximum Gasteiger partial charge on any atom is 0.387 e. The number of allylic oxidation sites excluding steroid dienone is 1. The van der Waals surface area contributed by atoms with Gasteiger partial charge in [0.1, 0.15) is 9.51 Å². The van der Waals surface area contributed by atoms with Crippen LogP contribution in [0.1, 0.15) is 19.4 Å². The lowest BCUT2D eigenvalue weighted by molar-refractivity contribution is -0.145. The molecule has 27 heavy (non-hydrogen) atoms. The third-order valence-corrected chi connectivity index (χ3v) is 7.03. The minimum absolute atomic E-state index is 0.0282. The van der Waals surface area contributed by atoms with Crippen LogP contribution >= 0.6 is 69.6 Å². The van der Waals surface area contributed by atoms with Crippen LogP contribution in [0.25, 0.3) is 0 Å². The Balaban J connectivity index is 2.63. The van der Waals surface area contributed by atoms with Crippen LogP contribution in [0.5, 0.6) is 5.75 Å². The number of ether oxygens (including phenoxy) is 1. The van der Waals surface area contributed by atoms with Crippen LogP contribution in [0.4, 0.5) is 8.78 Å². The van der Waals surface area contributed by atoms with Crippen molar-refractivity contribution in [1.82, 2.24) is 0 Å². The van der Waals surface area contributed by atoms with E-state index in [1.54, 1.807) is 13.8 Å². The molecule has 1 aromatic carbocycles. The van der Waals surface area contributed by atoms with Crippen molar-refractivity contribution in [3.05, 3.63) is 36.2 Å². The van der Waals surface area contributed by atoms with Crippen LogP contribution in [-0.4, -0.2) is 17.7 Å². The fraction of sp³-hybridized carbons (Fsp3) is 0.438. The van der Waals surface area contributed by atoms with E-state index < -0.39 is 40.1 Å². The molecule has 0 amide bonds. The first-order valence-corrected chi connectivity index (χ1v) is 9.61. The maximum absolute atomic E-state index is 12.7. The van der Waals surface area contributed by atoms with Crippen molar-refractivity contribution >= 4 is 75.6 Å². The first-order chi connectivity index (χ1) is 12.3. The zero-order chi connectivity index (χ0) is 20.9. The Morgan fingerprint density at radius 2 is 1.70 bits per heavy atom. The van der Waals surface area contributed by atoms with Gasteiger partial charge in [0.15, 0.2) is 5.75 Å². The normalized spacial score (nSPS) is 23.3. The van der Waals surface area contributed by atoms with Gasteiger partial charge in [-0.1, -0.05) is 83.5 Å². The summed E-state index contributed by atoms with van der Waals surface area (Å²) in [5, 5.41) is 8.75. The number of benzene rings is 1. The van der Waals surface area contributed by atoms with Crippen LogP contribution in [0.3, 0.4) is 0 Å². The largest absolute Gasteiger partial charge is 0.481 e. The molecule has 0 heterocycles. The van der Waals surface area contributed by atoms with E-state index in [1.165, 1.54) is 6.08 Å². The molecule has 150 valence electrons. The Kier molecular flexibility index (Phi) is 6.78. The van der Waals surface area contributed by atoms with Gasteiger partial charge in [0.25, 0.3) is 0 Å². The number of alkyl halides is 2. The smallest absolute Gasteiger partial charge is 0.387 e. The van der Waals surface area contributed by atoms with E-state index in [2.05, 4.69) is 4.74 Å². The molecule has 2 rings (SSSR count). The van der Waals surface area contributed by atoms with Crippen molar-refractivity contribution in [2.75, 3.05) is 0 Å². The van der Waals surface area contributed by atoms with E-state index >= 15 is 0 Å². The second kappa shape index (κ2) is 7.92. The van der Waals surface area contributed by atoms with Gasteiger partial charge in [-0.3, -0.25) is 4.79 Å². The zero-order valence-electron chi connectivity index (χ0n) is 13.7. The predicted molar refractivity (Wildman–Crippen MR) is 104 cm³/mol. The molecule has 1 saturated carbocycles. The summed E-state index contributed by atoms with van der Waals surface area (Å²) in [6.45, 7) is 0.186. The summed E-state index contributed by atoms with van der Waals surface area (Å²) in [5.74, 6) is -2.29. The van der Waals surface area contributed by atoms with Gasteiger partial charge in [0, 0.05) is 5.92 Å². The molecule has 1 aliphatic rings. The maximum atomic E-state index is 12.7. The molecule has 2 unspecified atom stereocenters. The molecule has 1 aromatic rings.